The van der Waals surface area contributed by atoms with Gasteiger partial charge in [0.25, 0.3) is 5.91 Å². The number of nitrogens with one attached hydrogen (secondary N) is 2. The number of halogens is 1. The molecule has 1 heterocycles. The quantitative estimate of drug-likeness (QED) is 0.558. The van der Waals surface area contributed by atoms with Crippen LogP contribution in [0, 0.1) is 3.57 Å². The molecular weight excluding hydrogens is 449 g/mol. The van der Waals surface area contributed by atoms with E-state index in [-0.39, 0.29) is 18.2 Å². The Morgan fingerprint density at radius 2 is 1.84 bits per heavy atom. The van der Waals surface area contributed by atoms with Gasteiger partial charge in [0.15, 0.2) is 5.13 Å². The van der Waals surface area contributed by atoms with E-state index in [0.717, 1.165) is 9.26 Å². The molecule has 1 aromatic heterocycles. The summed E-state index contributed by atoms with van der Waals surface area (Å²) in [7, 11) is 0. The predicted molar refractivity (Wildman–Crippen MR) is 108 cm³/mol. The summed E-state index contributed by atoms with van der Waals surface area (Å²) in [5.41, 5.74) is 1.94. The van der Waals surface area contributed by atoms with E-state index in [1.165, 1.54) is 11.3 Å². The van der Waals surface area contributed by atoms with E-state index in [2.05, 4.69) is 38.2 Å². The van der Waals surface area contributed by atoms with Crippen molar-refractivity contribution >= 4 is 56.6 Å². The second-order valence-electron chi connectivity index (χ2n) is 5.20. The van der Waals surface area contributed by atoms with Crippen LogP contribution in [0.4, 0.5) is 10.8 Å². The van der Waals surface area contributed by atoms with Gasteiger partial charge in [0.2, 0.25) is 5.91 Å². The number of hydrogen-bond donors (Lipinski definition) is 2. The molecule has 7 heteroatoms. The molecule has 0 saturated heterocycles. The fourth-order valence-electron chi connectivity index (χ4n) is 2.14. The van der Waals surface area contributed by atoms with Crippen LogP contribution in [0.25, 0.3) is 0 Å². The smallest absolute Gasteiger partial charge is 0.257 e. The summed E-state index contributed by atoms with van der Waals surface area (Å²) >= 11 is 3.49. The minimum absolute atomic E-state index is 0.145. The Labute approximate surface area is 162 Å². The Bertz CT molecular complexity index is 896. The highest BCUT2D eigenvalue weighted by Gasteiger charge is 2.11. The van der Waals surface area contributed by atoms with Crippen molar-refractivity contribution in [2.75, 3.05) is 10.6 Å². The number of thiazole rings is 1. The zero-order valence-electron chi connectivity index (χ0n) is 13.0. The summed E-state index contributed by atoms with van der Waals surface area (Å²) in [5, 5.41) is 7.84. The molecule has 0 bridgehead atoms. The van der Waals surface area contributed by atoms with Crippen LogP contribution in [0.1, 0.15) is 16.1 Å². The van der Waals surface area contributed by atoms with Crippen LogP contribution < -0.4 is 10.6 Å². The number of hydrogen-bond acceptors (Lipinski definition) is 4. The molecule has 2 amide bonds. The van der Waals surface area contributed by atoms with E-state index < -0.39 is 0 Å². The van der Waals surface area contributed by atoms with Gasteiger partial charge in [0.05, 0.1) is 12.1 Å². The fraction of sp³-hybridized carbons (Fsp3) is 0.0556. The normalized spacial score (nSPS) is 10.3. The third kappa shape index (κ3) is 5.10. The number of amides is 2. The first-order chi connectivity index (χ1) is 12.1. The molecule has 0 saturated carbocycles. The molecule has 0 aliphatic heterocycles. The average molecular weight is 463 g/mol. The first-order valence-corrected chi connectivity index (χ1v) is 9.42. The van der Waals surface area contributed by atoms with Crippen LogP contribution in [-0.4, -0.2) is 16.8 Å². The molecule has 5 nitrogen and oxygen atoms in total. The van der Waals surface area contributed by atoms with Crippen molar-refractivity contribution in [1.82, 2.24) is 4.98 Å². The van der Waals surface area contributed by atoms with Crippen molar-refractivity contribution in [3.63, 3.8) is 0 Å². The number of nitrogens with zero attached hydrogens (tertiary/aromatic N) is 1. The van der Waals surface area contributed by atoms with Crippen LogP contribution in [0.15, 0.2) is 60.0 Å². The number of carbonyl (C=O) groups excluding carboxylic acids is 2. The molecule has 0 fully saturated rings. The molecule has 3 rings (SSSR count). The van der Waals surface area contributed by atoms with Gasteiger partial charge in [-0.3, -0.25) is 14.9 Å². The molecule has 0 aliphatic rings. The predicted octanol–water partition coefficient (Wildman–Crippen LogP) is 4.18. The summed E-state index contributed by atoms with van der Waals surface area (Å²) in [5.74, 6) is -0.363. The van der Waals surface area contributed by atoms with E-state index >= 15 is 0 Å². The lowest BCUT2D eigenvalue weighted by molar-refractivity contribution is -0.115. The SMILES string of the molecule is O=C(Cc1csc(NC(=O)c2ccccc2)n1)Nc1cccc(I)c1. The first kappa shape index (κ1) is 17.6. The monoisotopic (exact) mass is 463 g/mol. The van der Waals surface area contributed by atoms with E-state index in [4.69, 9.17) is 0 Å². The van der Waals surface area contributed by atoms with E-state index in [9.17, 15) is 9.59 Å². The third-order valence-electron chi connectivity index (χ3n) is 3.26. The summed E-state index contributed by atoms with van der Waals surface area (Å²) in [4.78, 5) is 28.5. The summed E-state index contributed by atoms with van der Waals surface area (Å²) in [6, 6.07) is 16.5. The molecule has 126 valence electrons. The van der Waals surface area contributed by atoms with Crippen LogP contribution in [0.2, 0.25) is 0 Å². The Balaban J connectivity index is 1.58. The van der Waals surface area contributed by atoms with Gasteiger partial charge in [0.1, 0.15) is 0 Å². The van der Waals surface area contributed by atoms with Crippen LogP contribution in [-0.2, 0) is 11.2 Å². The second-order valence-corrected chi connectivity index (χ2v) is 7.30. The van der Waals surface area contributed by atoms with Crippen molar-refractivity contribution < 1.29 is 9.59 Å². The first-order valence-electron chi connectivity index (χ1n) is 7.46. The Hall–Kier alpha value is -2.26. The molecule has 0 unspecified atom stereocenters. The van der Waals surface area contributed by atoms with E-state index in [1.54, 1.807) is 29.6 Å². The van der Waals surface area contributed by atoms with E-state index in [0.29, 0.717) is 16.4 Å². The lowest BCUT2D eigenvalue weighted by Crippen LogP contribution is -2.15. The number of rotatable bonds is 5. The minimum Gasteiger partial charge on any atom is -0.326 e. The van der Waals surface area contributed by atoms with Gasteiger partial charge in [-0.25, -0.2) is 4.98 Å². The minimum atomic E-state index is -0.218. The van der Waals surface area contributed by atoms with Gasteiger partial charge in [-0.1, -0.05) is 24.3 Å². The van der Waals surface area contributed by atoms with Gasteiger partial charge in [0, 0.05) is 20.2 Å². The Morgan fingerprint density at radius 1 is 1.04 bits per heavy atom. The summed E-state index contributed by atoms with van der Waals surface area (Å²) < 4.78 is 1.05. The molecule has 2 aromatic carbocycles. The zero-order valence-corrected chi connectivity index (χ0v) is 16.0. The molecule has 3 aromatic rings. The maximum Gasteiger partial charge on any atom is 0.257 e. The van der Waals surface area contributed by atoms with Crippen molar-refractivity contribution in [3.05, 3.63) is 74.8 Å². The van der Waals surface area contributed by atoms with Gasteiger partial charge in [-0.2, -0.15) is 0 Å². The third-order valence-corrected chi connectivity index (χ3v) is 4.74. The van der Waals surface area contributed by atoms with Crippen LogP contribution >= 0.6 is 33.9 Å². The summed E-state index contributed by atoms with van der Waals surface area (Å²) in [6.45, 7) is 0. The van der Waals surface area contributed by atoms with E-state index in [1.807, 2.05) is 30.3 Å². The average Bonchev–Trinajstić information content (AvgIpc) is 3.02. The fourth-order valence-corrected chi connectivity index (χ4v) is 3.39. The molecule has 0 atom stereocenters. The number of benzene rings is 2. The molecule has 0 aliphatic carbocycles. The molecular formula is C18H14IN3O2S. The zero-order chi connectivity index (χ0) is 17.6. The van der Waals surface area contributed by atoms with Gasteiger partial charge in [-0.15, -0.1) is 11.3 Å². The Morgan fingerprint density at radius 3 is 2.60 bits per heavy atom. The maximum absolute atomic E-state index is 12.1. The molecule has 2 N–H and O–H groups in total. The second kappa shape index (κ2) is 8.21. The Kier molecular flexibility index (Phi) is 5.77. The summed E-state index contributed by atoms with van der Waals surface area (Å²) in [6.07, 6.45) is 0.156. The maximum atomic E-state index is 12.1. The van der Waals surface area contributed by atoms with Gasteiger partial charge >= 0.3 is 0 Å². The highest BCUT2D eigenvalue weighted by atomic mass is 127. The van der Waals surface area contributed by atoms with Gasteiger partial charge < -0.3 is 5.32 Å². The van der Waals surface area contributed by atoms with Crippen LogP contribution in [0.5, 0.6) is 0 Å². The molecule has 0 spiro atoms. The topological polar surface area (TPSA) is 71.1 Å². The number of anilines is 2. The largest absolute Gasteiger partial charge is 0.326 e. The molecule has 0 radical (unpaired) electrons. The lowest BCUT2D eigenvalue weighted by atomic mass is 10.2. The van der Waals surface area contributed by atoms with Crippen molar-refractivity contribution in [2.45, 2.75) is 6.42 Å². The van der Waals surface area contributed by atoms with Crippen molar-refractivity contribution in [3.8, 4) is 0 Å². The molecule has 25 heavy (non-hydrogen) atoms. The number of carbonyl (C=O) groups is 2. The highest BCUT2D eigenvalue weighted by molar-refractivity contribution is 14.1. The standard InChI is InChI=1S/C18H14IN3O2S/c19-13-7-4-8-14(9-13)20-16(23)10-15-11-25-18(21-15)22-17(24)12-5-2-1-3-6-12/h1-9,11H,10H2,(H,20,23)(H,21,22,24). The van der Waals surface area contributed by atoms with Crippen LogP contribution in [0.3, 0.4) is 0 Å². The highest BCUT2D eigenvalue weighted by Crippen LogP contribution is 2.18. The van der Waals surface area contributed by atoms with Crippen molar-refractivity contribution in [2.24, 2.45) is 0 Å². The van der Waals surface area contributed by atoms with Gasteiger partial charge in [-0.05, 0) is 52.9 Å². The lowest BCUT2D eigenvalue weighted by Gasteiger charge is -2.04. The van der Waals surface area contributed by atoms with Crippen molar-refractivity contribution in [1.29, 1.82) is 0 Å². The number of aromatic nitrogens is 1.